The Labute approximate surface area is 48.9 Å². The van der Waals surface area contributed by atoms with Gasteiger partial charge in [-0.25, -0.2) is 0 Å². The van der Waals surface area contributed by atoms with Gasteiger partial charge in [-0.1, -0.05) is 6.92 Å². The molecule has 0 aromatic heterocycles. The Morgan fingerprint density at radius 2 is 1.50 bits per heavy atom. The van der Waals surface area contributed by atoms with E-state index in [1.54, 1.807) is 0 Å². The van der Waals surface area contributed by atoms with Crippen molar-refractivity contribution in [2.75, 3.05) is 13.3 Å². The fraction of sp³-hybridized carbons (Fsp3) is 0.600. The van der Waals surface area contributed by atoms with Crippen molar-refractivity contribution < 1.29 is 14.2 Å². The molecule has 0 spiro atoms. The second kappa shape index (κ2) is 29.0. The van der Waals surface area contributed by atoms with E-state index in [0.717, 1.165) is 0 Å². The minimum absolute atomic E-state index is 0. The molecule has 1 N–H and O–H groups in total. The summed E-state index contributed by atoms with van der Waals surface area (Å²) in [5.74, 6) is 0. The zero-order chi connectivity index (χ0) is 6.12. The van der Waals surface area contributed by atoms with E-state index >= 15 is 0 Å². The summed E-state index contributed by atoms with van der Waals surface area (Å²) in [5.41, 5.74) is 0. The minimum Gasteiger partial charge on any atom is -0.396 e. The maximum absolute atomic E-state index is 10.7. The zero-order valence-electron chi connectivity index (χ0n) is 4.77. The summed E-state index contributed by atoms with van der Waals surface area (Å²) in [5, 5.41) is 7.46. The highest BCUT2D eigenvalue weighted by Crippen LogP contribution is 1.68. The average Bonchev–Trinajstić information content (AvgIpc) is 1.69. The second-order valence-corrected chi connectivity index (χ2v) is 0.766. The molecular formula is C5H12F2O. The monoisotopic (exact) mass is 126 g/mol. The van der Waals surface area contributed by atoms with E-state index in [4.69, 9.17) is 5.11 Å². The standard InChI is InChI=1S/C3H6F.C2H5O.FH/c1-2-3-4;1-2-3;/h1-3H2;3H,1-2H2;1H. The van der Waals surface area contributed by atoms with Gasteiger partial charge in [0.1, 0.15) is 0 Å². The molecule has 0 unspecified atom stereocenters. The van der Waals surface area contributed by atoms with Gasteiger partial charge in [0.25, 0.3) is 0 Å². The van der Waals surface area contributed by atoms with Gasteiger partial charge in [-0.15, -0.1) is 0 Å². The van der Waals surface area contributed by atoms with Crippen molar-refractivity contribution in [1.82, 2.24) is 0 Å². The molecule has 0 atom stereocenters. The fourth-order valence-electron chi connectivity index (χ4n) is 0. The molecular weight excluding hydrogens is 114 g/mol. The van der Waals surface area contributed by atoms with Crippen molar-refractivity contribution in [2.45, 2.75) is 6.42 Å². The van der Waals surface area contributed by atoms with Gasteiger partial charge in [0.05, 0.1) is 6.67 Å². The number of alkyl halides is 1. The van der Waals surface area contributed by atoms with Gasteiger partial charge in [0.15, 0.2) is 0 Å². The van der Waals surface area contributed by atoms with Crippen molar-refractivity contribution in [3.8, 4) is 0 Å². The highest BCUT2D eigenvalue weighted by atomic mass is 19.1. The van der Waals surface area contributed by atoms with E-state index in [-0.39, 0.29) is 18.0 Å². The van der Waals surface area contributed by atoms with Crippen LogP contribution in [0.4, 0.5) is 9.09 Å². The lowest BCUT2D eigenvalue weighted by molar-refractivity contribution is 0.341. The van der Waals surface area contributed by atoms with Crippen LogP contribution in [0.5, 0.6) is 0 Å². The number of hydrogen-bond donors (Lipinski definition) is 1. The first kappa shape index (κ1) is 15.7. The van der Waals surface area contributed by atoms with Gasteiger partial charge in [-0.2, -0.15) is 0 Å². The van der Waals surface area contributed by atoms with E-state index in [0.29, 0.717) is 6.42 Å². The lowest BCUT2D eigenvalue weighted by Crippen LogP contribution is -1.59. The van der Waals surface area contributed by atoms with E-state index < -0.39 is 0 Å². The molecule has 0 fully saturated rings. The van der Waals surface area contributed by atoms with Crippen molar-refractivity contribution in [3.05, 3.63) is 13.8 Å². The van der Waals surface area contributed by atoms with Gasteiger partial charge in [-0.3, -0.25) is 9.09 Å². The minimum atomic E-state index is -0.292. The molecule has 0 aliphatic heterocycles. The van der Waals surface area contributed by atoms with Crippen LogP contribution in [-0.4, -0.2) is 18.4 Å². The molecule has 0 saturated carbocycles. The molecule has 2 radical (unpaired) electrons. The topological polar surface area (TPSA) is 20.2 Å². The van der Waals surface area contributed by atoms with Crippen LogP contribution in [-0.2, 0) is 0 Å². The molecule has 3 heteroatoms. The van der Waals surface area contributed by atoms with E-state index in [1.165, 1.54) is 0 Å². The van der Waals surface area contributed by atoms with Gasteiger partial charge < -0.3 is 5.11 Å². The molecule has 0 aliphatic carbocycles. The maximum atomic E-state index is 10.7. The third-order valence-corrected chi connectivity index (χ3v) is 0.134. The van der Waals surface area contributed by atoms with Crippen LogP contribution in [0.2, 0.25) is 0 Å². The SMILES string of the molecule is F.[CH2]CCF.[CH2]CO. The normalized spacial score (nSPS) is 6.00. The summed E-state index contributed by atoms with van der Waals surface area (Å²) in [7, 11) is 0. The summed E-state index contributed by atoms with van der Waals surface area (Å²) < 4.78 is 10.7. The average molecular weight is 126 g/mol. The Morgan fingerprint density at radius 3 is 1.50 bits per heavy atom. The molecule has 0 heterocycles. The summed E-state index contributed by atoms with van der Waals surface area (Å²) in [6.45, 7) is 5.98. The Balaban J connectivity index is -0.0000000575. The molecule has 0 aliphatic rings. The number of aliphatic hydroxyl groups excluding tert-OH is 1. The van der Waals surface area contributed by atoms with Crippen molar-refractivity contribution >= 4 is 0 Å². The predicted octanol–water partition coefficient (Wildman–Crippen LogP) is 1.15. The molecule has 0 aromatic rings. The van der Waals surface area contributed by atoms with Crippen molar-refractivity contribution in [2.24, 2.45) is 0 Å². The smallest absolute Gasteiger partial charge is 0.0894 e. The fourth-order valence-corrected chi connectivity index (χ4v) is 0. The number of halogens is 2. The van der Waals surface area contributed by atoms with Gasteiger partial charge in [-0.05, 0) is 13.3 Å². The van der Waals surface area contributed by atoms with Gasteiger partial charge >= 0.3 is 0 Å². The quantitative estimate of drug-likeness (QED) is 0.558. The van der Waals surface area contributed by atoms with E-state index in [2.05, 4.69) is 13.8 Å². The van der Waals surface area contributed by atoms with Crippen molar-refractivity contribution in [3.63, 3.8) is 0 Å². The molecule has 0 rings (SSSR count). The first-order valence-corrected chi connectivity index (χ1v) is 2.08. The van der Waals surface area contributed by atoms with Crippen LogP contribution in [0.25, 0.3) is 0 Å². The Morgan fingerprint density at radius 1 is 1.38 bits per heavy atom. The van der Waals surface area contributed by atoms with E-state index in [1.807, 2.05) is 0 Å². The molecule has 0 amide bonds. The molecule has 8 heavy (non-hydrogen) atoms. The number of aliphatic hydroxyl groups is 1. The summed E-state index contributed by atoms with van der Waals surface area (Å²) in [6, 6.07) is 0. The third-order valence-electron chi connectivity index (χ3n) is 0.134. The summed E-state index contributed by atoms with van der Waals surface area (Å²) >= 11 is 0. The van der Waals surface area contributed by atoms with Crippen LogP contribution in [0.15, 0.2) is 0 Å². The Hall–Kier alpha value is -0.180. The summed E-state index contributed by atoms with van der Waals surface area (Å²) in [6.07, 6.45) is 0.403. The molecule has 1 nitrogen and oxygen atoms in total. The van der Waals surface area contributed by atoms with Crippen LogP contribution in [0.3, 0.4) is 0 Å². The van der Waals surface area contributed by atoms with Crippen LogP contribution in [0, 0.1) is 13.8 Å². The highest BCUT2D eigenvalue weighted by molar-refractivity contribution is 4.29. The largest absolute Gasteiger partial charge is 0.396 e. The molecule has 0 saturated heterocycles. The zero-order valence-corrected chi connectivity index (χ0v) is 4.77. The second-order valence-electron chi connectivity index (χ2n) is 0.766. The molecule has 52 valence electrons. The molecule has 0 aromatic carbocycles. The van der Waals surface area contributed by atoms with Gasteiger partial charge in [0.2, 0.25) is 0 Å². The van der Waals surface area contributed by atoms with Crippen LogP contribution >= 0.6 is 0 Å². The Kier molecular flexibility index (Phi) is 56.8. The predicted molar refractivity (Wildman–Crippen MR) is 30.9 cm³/mol. The first-order chi connectivity index (χ1) is 3.33. The van der Waals surface area contributed by atoms with E-state index in [9.17, 15) is 4.39 Å². The van der Waals surface area contributed by atoms with Gasteiger partial charge in [0, 0.05) is 6.61 Å². The summed E-state index contributed by atoms with van der Waals surface area (Å²) in [4.78, 5) is 0. The van der Waals surface area contributed by atoms with Crippen molar-refractivity contribution in [1.29, 1.82) is 0 Å². The number of hydrogen-bond acceptors (Lipinski definition) is 1. The lowest BCUT2D eigenvalue weighted by atomic mass is 10.6. The Bertz CT molecular complexity index is 17.9. The number of rotatable bonds is 1. The third kappa shape index (κ3) is 201. The van der Waals surface area contributed by atoms with Crippen LogP contribution in [0.1, 0.15) is 6.42 Å². The highest BCUT2D eigenvalue weighted by Gasteiger charge is 1.61. The lowest BCUT2D eigenvalue weighted by Gasteiger charge is -1.64. The first-order valence-electron chi connectivity index (χ1n) is 2.08. The maximum Gasteiger partial charge on any atom is 0.0894 e. The van der Waals surface area contributed by atoms with Crippen LogP contribution < -0.4 is 0 Å². The molecule has 0 bridgehead atoms.